The first kappa shape index (κ1) is 18.1. The number of aromatic nitrogens is 1. The molecule has 28 heavy (non-hydrogen) atoms. The number of nitrogens with one attached hydrogen (secondary N) is 1. The number of nitrogens with zero attached hydrogens (tertiary/aromatic N) is 3. The number of carbonyl (C=O) groups is 2. The van der Waals surface area contributed by atoms with Gasteiger partial charge in [0.15, 0.2) is 11.5 Å². The average Bonchev–Trinajstić information content (AvgIpc) is 3.10. The molecule has 4 rings (SSSR count). The molecule has 0 aliphatic carbocycles. The number of rotatable bonds is 4. The van der Waals surface area contributed by atoms with Gasteiger partial charge in [0, 0.05) is 38.8 Å². The van der Waals surface area contributed by atoms with E-state index in [1.165, 1.54) is 0 Å². The van der Waals surface area contributed by atoms with Crippen molar-refractivity contribution in [2.75, 3.05) is 49.0 Å². The predicted molar refractivity (Wildman–Crippen MR) is 105 cm³/mol. The van der Waals surface area contributed by atoms with Gasteiger partial charge in [0.1, 0.15) is 19.0 Å². The lowest BCUT2D eigenvalue weighted by molar-refractivity contribution is -0.122. The fraction of sp³-hybridized carbons (Fsp3) is 0.350. The molecule has 8 heteroatoms. The third-order valence-corrected chi connectivity index (χ3v) is 4.81. The van der Waals surface area contributed by atoms with Gasteiger partial charge in [-0.2, -0.15) is 0 Å². The van der Waals surface area contributed by atoms with Crippen molar-refractivity contribution in [1.29, 1.82) is 0 Å². The number of carbonyl (C=O) groups excluding carboxylic acids is 2. The highest BCUT2D eigenvalue weighted by Crippen LogP contribution is 2.36. The molecule has 1 aromatic carbocycles. The molecular weight excluding hydrogens is 360 g/mol. The Balaban J connectivity index is 1.43. The molecule has 0 spiro atoms. The summed E-state index contributed by atoms with van der Waals surface area (Å²) in [7, 11) is 3.80. The van der Waals surface area contributed by atoms with Crippen LogP contribution in [0.5, 0.6) is 11.5 Å². The van der Waals surface area contributed by atoms with E-state index in [-0.39, 0.29) is 18.2 Å². The van der Waals surface area contributed by atoms with Crippen molar-refractivity contribution in [2.45, 2.75) is 6.42 Å². The van der Waals surface area contributed by atoms with E-state index in [0.29, 0.717) is 42.6 Å². The molecule has 1 N–H and O–H groups in total. The Hall–Kier alpha value is -3.29. The summed E-state index contributed by atoms with van der Waals surface area (Å²) in [6.45, 7) is 1.32. The number of fused-ring (bicyclic) bond motifs is 1. The van der Waals surface area contributed by atoms with Gasteiger partial charge in [-0.1, -0.05) is 0 Å². The Morgan fingerprint density at radius 2 is 1.96 bits per heavy atom. The van der Waals surface area contributed by atoms with E-state index in [9.17, 15) is 9.59 Å². The van der Waals surface area contributed by atoms with Gasteiger partial charge in [-0.25, -0.2) is 4.98 Å². The van der Waals surface area contributed by atoms with E-state index in [2.05, 4.69) is 10.3 Å². The fourth-order valence-electron chi connectivity index (χ4n) is 3.30. The Morgan fingerprint density at radius 3 is 2.68 bits per heavy atom. The summed E-state index contributed by atoms with van der Waals surface area (Å²) in [6.07, 6.45) is 1.78. The number of hydrogen-bond donors (Lipinski definition) is 1. The van der Waals surface area contributed by atoms with Crippen LogP contribution < -0.4 is 24.6 Å². The normalized spacial score (nSPS) is 18.1. The molecule has 1 saturated heterocycles. The van der Waals surface area contributed by atoms with Crippen LogP contribution in [0, 0.1) is 5.92 Å². The summed E-state index contributed by atoms with van der Waals surface area (Å²) in [5, 5.41) is 2.85. The van der Waals surface area contributed by atoms with Gasteiger partial charge < -0.3 is 24.6 Å². The zero-order valence-corrected chi connectivity index (χ0v) is 15.8. The van der Waals surface area contributed by atoms with Crippen molar-refractivity contribution in [3.05, 3.63) is 36.5 Å². The van der Waals surface area contributed by atoms with Crippen LogP contribution in [0.15, 0.2) is 36.5 Å². The van der Waals surface area contributed by atoms with Gasteiger partial charge in [-0.05, 0) is 24.3 Å². The molecule has 2 amide bonds. The van der Waals surface area contributed by atoms with Crippen molar-refractivity contribution < 1.29 is 19.1 Å². The number of benzene rings is 1. The van der Waals surface area contributed by atoms with E-state index in [0.717, 1.165) is 5.82 Å². The van der Waals surface area contributed by atoms with Crippen LogP contribution in [0.2, 0.25) is 0 Å². The molecule has 1 unspecified atom stereocenters. The lowest BCUT2D eigenvalue weighted by atomic mass is 10.1. The van der Waals surface area contributed by atoms with Gasteiger partial charge in [0.2, 0.25) is 11.8 Å². The van der Waals surface area contributed by atoms with E-state index in [1.807, 2.05) is 31.1 Å². The molecule has 3 heterocycles. The monoisotopic (exact) mass is 382 g/mol. The summed E-state index contributed by atoms with van der Waals surface area (Å²) in [5.41, 5.74) is 1.32. The maximum atomic E-state index is 12.6. The second kappa shape index (κ2) is 7.38. The van der Waals surface area contributed by atoms with Crippen LogP contribution >= 0.6 is 0 Å². The van der Waals surface area contributed by atoms with Crippen LogP contribution in [0.25, 0.3) is 0 Å². The van der Waals surface area contributed by atoms with Crippen LogP contribution in [-0.2, 0) is 9.59 Å². The van der Waals surface area contributed by atoms with Crippen LogP contribution in [-0.4, -0.2) is 50.7 Å². The highest BCUT2D eigenvalue weighted by Gasteiger charge is 2.35. The third kappa shape index (κ3) is 3.58. The molecule has 0 bridgehead atoms. The summed E-state index contributed by atoms with van der Waals surface area (Å²) in [5.74, 6) is 1.40. The molecule has 2 aromatic rings. The molecule has 146 valence electrons. The van der Waals surface area contributed by atoms with Crippen molar-refractivity contribution in [3.63, 3.8) is 0 Å². The molecule has 2 aliphatic rings. The zero-order valence-electron chi connectivity index (χ0n) is 15.8. The maximum Gasteiger partial charge on any atom is 0.229 e. The van der Waals surface area contributed by atoms with Gasteiger partial charge in [0.25, 0.3) is 0 Å². The number of amides is 2. The summed E-state index contributed by atoms with van der Waals surface area (Å²) in [6, 6.07) is 9.03. The van der Waals surface area contributed by atoms with Crippen molar-refractivity contribution >= 4 is 29.0 Å². The average molecular weight is 382 g/mol. The number of ether oxygens (including phenoxy) is 2. The van der Waals surface area contributed by atoms with Crippen molar-refractivity contribution in [3.8, 4) is 11.5 Å². The van der Waals surface area contributed by atoms with Gasteiger partial charge >= 0.3 is 0 Å². The third-order valence-electron chi connectivity index (χ3n) is 4.81. The minimum absolute atomic E-state index is 0.0853. The molecular formula is C20H22N4O4. The van der Waals surface area contributed by atoms with Crippen LogP contribution in [0.4, 0.5) is 17.2 Å². The van der Waals surface area contributed by atoms with Gasteiger partial charge in [-0.15, -0.1) is 0 Å². The van der Waals surface area contributed by atoms with Crippen molar-refractivity contribution in [1.82, 2.24) is 4.98 Å². The highest BCUT2D eigenvalue weighted by atomic mass is 16.6. The minimum Gasteiger partial charge on any atom is -0.486 e. The SMILES string of the molecule is CN(C)c1ccc(NC(=O)C2CC(=O)N(c3ccc4c(c3)OCCO4)C2)cn1. The van der Waals surface area contributed by atoms with Crippen LogP contribution in [0.3, 0.4) is 0 Å². The lowest BCUT2D eigenvalue weighted by Crippen LogP contribution is -2.28. The molecule has 0 saturated carbocycles. The minimum atomic E-state index is -0.422. The van der Waals surface area contributed by atoms with E-state index < -0.39 is 5.92 Å². The molecule has 2 aliphatic heterocycles. The number of hydrogen-bond acceptors (Lipinski definition) is 6. The largest absolute Gasteiger partial charge is 0.486 e. The molecule has 1 aromatic heterocycles. The second-order valence-corrected chi connectivity index (χ2v) is 7.02. The molecule has 1 fully saturated rings. The Labute approximate surface area is 163 Å². The molecule has 1 atom stereocenters. The summed E-state index contributed by atoms with van der Waals surface area (Å²) >= 11 is 0. The fourth-order valence-corrected chi connectivity index (χ4v) is 3.30. The molecule has 0 radical (unpaired) electrons. The topological polar surface area (TPSA) is 84.0 Å². The Kier molecular flexibility index (Phi) is 4.77. The Morgan fingerprint density at radius 1 is 1.18 bits per heavy atom. The first-order valence-corrected chi connectivity index (χ1v) is 9.15. The summed E-state index contributed by atoms with van der Waals surface area (Å²) < 4.78 is 11.1. The quantitative estimate of drug-likeness (QED) is 0.870. The summed E-state index contributed by atoms with van der Waals surface area (Å²) in [4.78, 5) is 32.9. The number of anilines is 3. The van der Waals surface area contributed by atoms with Gasteiger partial charge in [0.05, 0.1) is 17.8 Å². The maximum absolute atomic E-state index is 12.6. The number of pyridine rings is 1. The van der Waals surface area contributed by atoms with E-state index >= 15 is 0 Å². The first-order valence-electron chi connectivity index (χ1n) is 9.15. The zero-order chi connectivity index (χ0) is 19.7. The first-order chi connectivity index (χ1) is 13.5. The van der Waals surface area contributed by atoms with Crippen LogP contribution in [0.1, 0.15) is 6.42 Å². The standard InChI is InChI=1S/C20H22N4O4/c1-23(2)18-6-3-14(11-21-18)22-20(26)13-9-19(25)24(12-13)15-4-5-16-17(10-15)28-8-7-27-16/h3-6,10-11,13H,7-9,12H2,1-2H3,(H,22,26). The smallest absolute Gasteiger partial charge is 0.229 e. The molecule has 8 nitrogen and oxygen atoms in total. The Bertz CT molecular complexity index is 898. The lowest BCUT2D eigenvalue weighted by Gasteiger charge is -2.22. The van der Waals surface area contributed by atoms with Gasteiger partial charge in [-0.3, -0.25) is 9.59 Å². The van der Waals surface area contributed by atoms with E-state index in [4.69, 9.17) is 9.47 Å². The highest BCUT2D eigenvalue weighted by molar-refractivity contribution is 6.03. The van der Waals surface area contributed by atoms with Crippen molar-refractivity contribution in [2.24, 2.45) is 5.92 Å². The van der Waals surface area contributed by atoms with E-state index in [1.54, 1.807) is 29.3 Å². The second-order valence-electron chi connectivity index (χ2n) is 7.02. The predicted octanol–water partition coefficient (Wildman–Crippen LogP) is 1.91.